The molecular weight excluding hydrogens is 259 g/mol. The third-order valence-electron chi connectivity index (χ3n) is 2.99. The van der Waals surface area contributed by atoms with Crippen LogP contribution < -0.4 is 4.74 Å². The number of aliphatic hydroxyl groups excluding tert-OH is 2. The zero-order valence-electron chi connectivity index (χ0n) is 11.2. The normalized spacial score (nSPS) is 12.2. The molecule has 0 saturated carbocycles. The molecule has 0 bridgehead atoms. The molecule has 106 valence electrons. The second-order valence-electron chi connectivity index (χ2n) is 4.59. The quantitative estimate of drug-likeness (QED) is 0.881. The minimum absolute atomic E-state index is 0.0929. The summed E-state index contributed by atoms with van der Waals surface area (Å²) in [5.41, 5.74) is 1.50. The van der Waals surface area contributed by atoms with Crippen LogP contribution in [0.15, 0.2) is 42.5 Å². The first-order valence-electron chi connectivity index (χ1n) is 6.45. The molecule has 0 aromatic heterocycles. The molecule has 0 saturated heterocycles. The van der Waals surface area contributed by atoms with Gasteiger partial charge in [-0.3, -0.25) is 0 Å². The van der Waals surface area contributed by atoms with Crippen molar-refractivity contribution in [3.63, 3.8) is 0 Å². The number of halogens is 1. The highest BCUT2D eigenvalue weighted by molar-refractivity contribution is 5.36. The van der Waals surface area contributed by atoms with Gasteiger partial charge in [-0.2, -0.15) is 0 Å². The fourth-order valence-corrected chi connectivity index (χ4v) is 1.84. The zero-order valence-corrected chi connectivity index (χ0v) is 11.2. The summed E-state index contributed by atoms with van der Waals surface area (Å²) in [6, 6.07) is 11.5. The van der Waals surface area contributed by atoms with Gasteiger partial charge in [-0.05, 0) is 48.7 Å². The number of ether oxygens (including phenoxy) is 1. The fraction of sp³-hybridized carbons (Fsp3) is 0.250. The molecule has 2 N–H and O–H groups in total. The highest BCUT2D eigenvalue weighted by atomic mass is 19.1. The third kappa shape index (κ3) is 3.56. The second-order valence-corrected chi connectivity index (χ2v) is 4.59. The Kier molecular flexibility index (Phi) is 4.71. The summed E-state index contributed by atoms with van der Waals surface area (Å²) in [6.45, 7) is 1.67. The van der Waals surface area contributed by atoms with Gasteiger partial charge in [0.15, 0.2) is 11.6 Å². The van der Waals surface area contributed by atoms with E-state index in [1.165, 1.54) is 12.1 Å². The molecule has 2 rings (SSSR count). The summed E-state index contributed by atoms with van der Waals surface area (Å²) in [5, 5.41) is 18.2. The van der Waals surface area contributed by atoms with Gasteiger partial charge in [-0.15, -0.1) is 0 Å². The summed E-state index contributed by atoms with van der Waals surface area (Å²) in [6.07, 6.45) is -0.131. The highest BCUT2D eigenvalue weighted by Gasteiger charge is 2.08. The molecular formula is C16H17FO3. The van der Waals surface area contributed by atoms with Crippen molar-refractivity contribution in [3.05, 3.63) is 59.4 Å². The van der Waals surface area contributed by atoms with Crippen molar-refractivity contribution in [1.29, 1.82) is 0 Å². The number of hydrogen-bond acceptors (Lipinski definition) is 3. The standard InChI is InChI=1S/C16H17FO3/c1-11(19)13-4-7-16(15(17)10-13)20-14-5-2-12(3-6-14)8-9-18/h2-7,10-11,18-19H,8-9H2,1H3/t11-/m0/s1. The first-order valence-corrected chi connectivity index (χ1v) is 6.45. The summed E-state index contributed by atoms with van der Waals surface area (Å²) >= 11 is 0. The van der Waals surface area contributed by atoms with E-state index in [1.54, 1.807) is 25.1 Å². The third-order valence-corrected chi connectivity index (χ3v) is 2.99. The molecule has 0 aliphatic rings. The number of aliphatic hydroxyl groups is 2. The van der Waals surface area contributed by atoms with Crippen molar-refractivity contribution >= 4 is 0 Å². The zero-order chi connectivity index (χ0) is 14.5. The van der Waals surface area contributed by atoms with E-state index in [9.17, 15) is 9.50 Å². The van der Waals surface area contributed by atoms with Crippen LogP contribution in [0.1, 0.15) is 24.2 Å². The minimum Gasteiger partial charge on any atom is -0.454 e. The van der Waals surface area contributed by atoms with Crippen LogP contribution in [0.3, 0.4) is 0 Å². The first-order chi connectivity index (χ1) is 9.60. The van der Waals surface area contributed by atoms with Crippen molar-refractivity contribution in [2.45, 2.75) is 19.4 Å². The highest BCUT2D eigenvalue weighted by Crippen LogP contribution is 2.27. The van der Waals surface area contributed by atoms with Crippen LogP contribution in [-0.4, -0.2) is 16.8 Å². The van der Waals surface area contributed by atoms with Crippen molar-refractivity contribution in [2.75, 3.05) is 6.61 Å². The molecule has 2 aromatic rings. The number of hydrogen-bond donors (Lipinski definition) is 2. The van der Waals surface area contributed by atoms with Crippen LogP contribution in [0.5, 0.6) is 11.5 Å². The fourth-order valence-electron chi connectivity index (χ4n) is 1.84. The lowest BCUT2D eigenvalue weighted by Gasteiger charge is -2.10. The molecule has 0 unspecified atom stereocenters. The summed E-state index contributed by atoms with van der Waals surface area (Å²) < 4.78 is 19.3. The van der Waals surface area contributed by atoms with Crippen LogP contribution in [0.25, 0.3) is 0 Å². The predicted octanol–water partition coefficient (Wildman–Crippen LogP) is 3.21. The molecule has 2 aromatic carbocycles. The Labute approximate surface area is 117 Å². The Balaban J connectivity index is 2.13. The number of benzene rings is 2. The van der Waals surface area contributed by atoms with E-state index < -0.39 is 11.9 Å². The molecule has 0 aliphatic carbocycles. The lowest BCUT2D eigenvalue weighted by atomic mass is 10.1. The Hall–Kier alpha value is -1.91. The molecule has 0 amide bonds. The van der Waals surface area contributed by atoms with Crippen LogP contribution in [-0.2, 0) is 6.42 Å². The van der Waals surface area contributed by atoms with Gasteiger partial charge in [0.1, 0.15) is 5.75 Å². The van der Waals surface area contributed by atoms with E-state index in [0.717, 1.165) is 5.56 Å². The van der Waals surface area contributed by atoms with Gasteiger partial charge in [-0.25, -0.2) is 4.39 Å². The monoisotopic (exact) mass is 276 g/mol. The molecule has 0 fully saturated rings. The Morgan fingerprint density at radius 1 is 1.15 bits per heavy atom. The summed E-state index contributed by atoms with van der Waals surface area (Å²) in [4.78, 5) is 0. The average Bonchev–Trinajstić information content (AvgIpc) is 2.43. The average molecular weight is 276 g/mol. The van der Waals surface area contributed by atoms with E-state index in [1.807, 2.05) is 12.1 Å². The molecule has 0 heterocycles. The van der Waals surface area contributed by atoms with Crippen molar-refractivity contribution in [1.82, 2.24) is 0 Å². The molecule has 4 heteroatoms. The predicted molar refractivity (Wildman–Crippen MR) is 74.3 cm³/mol. The lowest BCUT2D eigenvalue weighted by Crippen LogP contribution is -1.95. The van der Waals surface area contributed by atoms with E-state index in [4.69, 9.17) is 9.84 Å². The van der Waals surface area contributed by atoms with Crippen molar-refractivity contribution < 1.29 is 19.3 Å². The first kappa shape index (κ1) is 14.5. The molecule has 20 heavy (non-hydrogen) atoms. The Morgan fingerprint density at radius 3 is 2.40 bits per heavy atom. The van der Waals surface area contributed by atoms with Crippen LogP contribution in [0, 0.1) is 5.82 Å². The van der Waals surface area contributed by atoms with Gasteiger partial charge in [0, 0.05) is 6.61 Å². The second kappa shape index (κ2) is 6.50. The van der Waals surface area contributed by atoms with Crippen molar-refractivity contribution in [3.8, 4) is 11.5 Å². The van der Waals surface area contributed by atoms with E-state index in [0.29, 0.717) is 17.7 Å². The SMILES string of the molecule is C[C@H](O)c1ccc(Oc2ccc(CCO)cc2)c(F)c1. The molecule has 1 atom stereocenters. The summed E-state index contributed by atoms with van der Waals surface area (Å²) in [7, 11) is 0. The minimum atomic E-state index is -0.712. The Bertz CT molecular complexity index is 564. The largest absolute Gasteiger partial charge is 0.454 e. The van der Waals surface area contributed by atoms with Crippen LogP contribution >= 0.6 is 0 Å². The topological polar surface area (TPSA) is 49.7 Å². The van der Waals surface area contributed by atoms with E-state index in [2.05, 4.69) is 0 Å². The van der Waals surface area contributed by atoms with Gasteiger partial charge in [0.25, 0.3) is 0 Å². The van der Waals surface area contributed by atoms with Gasteiger partial charge in [-0.1, -0.05) is 18.2 Å². The maximum absolute atomic E-state index is 13.8. The molecule has 0 spiro atoms. The van der Waals surface area contributed by atoms with Gasteiger partial charge < -0.3 is 14.9 Å². The number of rotatable bonds is 5. The Morgan fingerprint density at radius 2 is 1.85 bits per heavy atom. The van der Waals surface area contributed by atoms with Gasteiger partial charge in [0.05, 0.1) is 6.10 Å². The van der Waals surface area contributed by atoms with Crippen LogP contribution in [0.4, 0.5) is 4.39 Å². The molecule has 0 radical (unpaired) electrons. The maximum Gasteiger partial charge on any atom is 0.166 e. The van der Waals surface area contributed by atoms with Gasteiger partial charge >= 0.3 is 0 Å². The molecule has 0 aliphatic heterocycles. The van der Waals surface area contributed by atoms with Crippen LogP contribution in [0.2, 0.25) is 0 Å². The summed E-state index contributed by atoms with van der Waals surface area (Å²) in [5.74, 6) is 0.127. The van der Waals surface area contributed by atoms with E-state index in [-0.39, 0.29) is 12.4 Å². The smallest absolute Gasteiger partial charge is 0.166 e. The maximum atomic E-state index is 13.8. The van der Waals surface area contributed by atoms with E-state index >= 15 is 0 Å². The lowest BCUT2D eigenvalue weighted by molar-refractivity contribution is 0.198. The molecule has 3 nitrogen and oxygen atoms in total. The van der Waals surface area contributed by atoms with Gasteiger partial charge in [0.2, 0.25) is 0 Å². The van der Waals surface area contributed by atoms with Crippen molar-refractivity contribution in [2.24, 2.45) is 0 Å².